The topological polar surface area (TPSA) is 49.3 Å². The van der Waals surface area contributed by atoms with Gasteiger partial charge in [0.05, 0.1) is 0 Å². The van der Waals surface area contributed by atoms with Crippen LogP contribution in [0.25, 0.3) is 0 Å². The van der Waals surface area contributed by atoms with Crippen LogP contribution in [0.2, 0.25) is 0 Å². The summed E-state index contributed by atoms with van der Waals surface area (Å²) in [6.45, 7) is 2.61. The third-order valence-electron chi connectivity index (χ3n) is 3.36. The lowest BCUT2D eigenvalue weighted by molar-refractivity contribution is -0.201. The third-order valence-corrected chi connectivity index (χ3v) is 3.36. The summed E-state index contributed by atoms with van der Waals surface area (Å²) in [7, 11) is 0. The molecule has 2 N–H and O–H groups in total. The minimum atomic E-state index is -4.54. The highest BCUT2D eigenvalue weighted by molar-refractivity contribution is 5.73. The van der Waals surface area contributed by atoms with Gasteiger partial charge >= 0.3 is 12.1 Å². The predicted octanol–water partition coefficient (Wildman–Crippen LogP) is 3.00. The fourth-order valence-corrected chi connectivity index (χ4v) is 2.08. The fourth-order valence-electron chi connectivity index (χ4n) is 2.08. The molecule has 0 saturated heterocycles. The second kappa shape index (κ2) is 6.26. The zero-order chi connectivity index (χ0) is 15.4. The van der Waals surface area contributed by atoms with Crippen molar-refractivity contribution in [2.45, 2.75) is 44.4 Å². The Bertz CT molecular complexity index is 447. The Morgan fingerprint density at radius 2 is 1.85 bits per heavy atom. The zero-order valence-electron chi connectivity index (χ0n) is 11.4. The summed E-state index contributed by atoms with van der Waals surface area (Å²) in [6, 6.07) is 6.96. The summed E-state index contributed by atoms with van der Waals surface area (Å²) in [5, 5.41) is 11.1. The average Bonchev–Trinajstić information content (AvgIpc) is 2.37. The number of carbonyl (C=O) groups is 1. The van der Waals surface area contributed by atoms with Crippen LogP contribution in [0.4, 0.5) is 13.2 Å². The molecule has 1 aromatic carbocycles. The number of nitrogens with one attached hydrogen (secondary N) is 1. The van der Waals surface area contributed by atoms with Crippen molar-refractivity contribution < 1.29 is 23.1 Å². The van der Waals surface area contributed by atoms with Gasteiger partial charge in [-0.2, -0.15) is 13.2 Å². The molecule has 3 nitrogen and oxygen atoms in total. The van der Waals surface area contributed by atoms with Gasteiger partial charge in [0.15, 0.2) is 0 Å². The van der Waals surface area contributed by atoms with Crippen LogP contribution in [0, 0.1) is 0 Å². The van der Waals surface area contributed by atoms with Crippen molar-refractivity contribution in [3.8, 4) is 0 Å². The van der Waals surface area contributed by atoms with Gasteiger partial charge < -0.3 is 5.11 Å². The van der Waals surface area contributed by atoms with Gasteiger partial charge in [-0.15, -0.1) is 0 Å². The number of alkyl halides is 3. The molecule has 20 heavy (non-hydrogen) atoms. The van der Waals surface area contributed by atoms with E-state index in [4.69, 9.17) is 5.11 Å². The Kier molecular flexibility index (Phi) is 5.16. The van der Waals surface area contributed by atoms with Gasteiger partial charge in [-0.25, -0.2) is 0 Å². The summed E-state index contributed by atoms with van der Waals surface area (Å²) in [4.78, 5) is 10.8. The van der Waals surface area contributed by atoms with Crippen molar-refractivity contribution in [3.63, 3.8) is 0 Å². The second-order valence-corrected chi connectivity index (χ2v) is 4.80. The van der Waals surface area contributed by atoms with Gasteiger partial charge in [-0.3, -0.25) is 10.1 Å². The molecule has 1 rings (SSSR count). The number of rotatable bonds is 6. The number of hydrogen-bond acceptors (Lipinski definition) is 2. The minimum absolute atomic E-state index is 0.247. The molecule has 112 valence electrons. The van der Waals surface area contributed by atoms with Crippen LogP contribution in [0.5, 0.6) is 0 Å². The molecular weight excluding hydrogens is 271 g/mol. The van der Waals surface area contributed by atoms with Crippen LogP contribution >= 0.6 is 0 Å². The molecule has 0 aliphatic heterocycles. The van der Waals surface area contributed by atoms with Gasteiger partial charge in [0, 0.05) is 0 Å². The Morgan fingerprint density at radius 1 is 1.30 bits per heavy atom. The van der Waals surface area contributed by atoms with Crippen molar-refractivity contribution >= 4 is 5.97 Å². The molecule has 1 aromatic rings. The standard InChI is InChI=1S/C14H18F3NO2/c1-3-13(14(15,16)17,18-10(2)12(19)20)9-11-7-5-4-6-8-11/h4-8,10,18H,3,9H2,1-2H3,(H,19,20). The molecule has 2 atom stereocenters. The SMILES string of the molecule is CCC(Cc1ccccc1)(NC(C)C(=O)O)C(F)(F)F. The highest BCUT2D eigenvalue weighted by Gasteiger charge is 2.54. The Hall–Kier alpha value is -1.56. The molecule has 0 aliphatic carbocycles. The maximum atomic E-state index is 13.4. The molecule has 2 unspecified atom stereocenters. The van der Waals surface area contributed by atoms with Crippen molar-refractivity contribution in [1.82, 2.24) is 5.32 Å². The van der Waals surface area contributed by atoms with Crippen molar-refractivity contribution in [3.05, 3.63) is 35.9 Å². The number of carboxylic acid groups (broad SMARTS) is 1. The lowest BCUT2D eigenvalue weighted by Gasteiger charge is -2.37. The van der Waals surface area contributed by atoms with Crippen LogP contribution in [0.3, 0.4) is 0 Å². The van der Waals surface area contributed by atoms with E-state index in [1.165, 1.54) is 13.8 Å². The maximum Gasteiger partial charge on any atom is 0.406 e. The first-order valence-electron chi connectivity index (χ1n) is 6.33. The normalized spacial score (nSPS) is 16.4. The van der Waals surface area contributed by atoms with Crippen LogP contribution < -0.4 is 5.32 Å². The van der Waals surface area contributed by atoms with Crippen molar-refractivity contribution in [1.29, 1.82) is 0 Å². The molecule has 0 heterocycles. The molecule has 0 spiro atoms. The van der Waals surface area contributed by atoms with E-state index in [0.717, 1.165) is 0 Å². The van der Waals surface area contributed by atoms with E-state index < -0.39 is 23.7 Å². The van der Waals surface area contributed by atoms with Gasteiger partial charge in [0.1, 0.15) is 11.6 Å². The van der Waals surface area contributed by atoms with E-state index in [2.05, 4.69) is 5.32 Å². The van der Waals surface area contributed by atoms with Gasteiger partial charge in [0.2, 0.25) is 0 Å². The number of aliphatic carboxylic acids is 1. The number of carboxylic acids is 1. The second-order valence-electron chi connectivity index (χ2n) is 4.80. The molecule has 0 aromatic heterocycles. The van der Waals surface area contributed by atoms with Crippen molar-refractivity contribution in [2.24, 2.45) is 0 Å². The first-order chi connectivity index (χ1) is 9.22. The minimum Gasteiger partial charge on any atom is -0.480 e. The molecular formula is C14H18F3NO2. The highest BCUT2D eigenvalue weighted by Crippen LogP contribution is 2.36. The number of benzene rings is 1. The molecule has 0 aliphatic rings. The number of hydrogen-bond donors (Lipinski definition) is 2. The predicted molar refractivity (Wildman–Crippen MR) is 69.5 cm³/mol. The first kappa shape index (κ1) is 16.5. The zero-order valence-corrected chi connectivity index (χ0v) is 11.4. The van der Waals surface area contributed by atoms with Crippen LogP contribution in [0.15, 0.2) is 30.3 Å². The summed E-state index contributed by atoms with van der Waals surface area (Å²) in [5.41, 5.74) is -1.73. The molecule has 0 radical (unpaired) electrons. The van der Waals surface area contributed by atoms with E-state index in [9.17, 15) is 18.0 Å². The van der Waals surface area contributed by atoms with E-state index in [-0.39, 0.29) is 12.8 Å². The summed E-state index contributed by atoms with van der Waals surface area (Å²) < 4.78 is 40.3. The quantitative estimate of drug-likeness (QED) is 0.846. The van der Waals surface area contributed by atoms with Crippen LogP contribution in [0.1, 0.15) is 25.8 Å². The lowest BCUT2D eigenvalue weighted by Crippen LogP contribution is -2.61. The Balaban J connectivity index is 3.09. The molecule has 0 bridgehead atoms. The Labute approximate surface area is 115 Å². The van der Waals surface area contributed by atoms with Crippen LogP contribution in [-0.4, -0.2) is 28.8 Å². The van der Waals surface area contributed by atoms with Gasteiger partial charge in [-0.1, -0.05) is 37.3 Å². The molecule has 6 heteroatoms. The highest BCUT2D eigenvalue weighted by atomic mass is 19.4. The third kappa shape index (κ3) is 3.72. The smallest absolute Gasteiger partial charge is 0.406 e. The summed E-state index contributed by atoms with van der Waals surface area (Å²) in [6.07, 6.45) is -5.09. The van der Waals surface area contributed by atoms with Crippen molar-refractivity contribution in [2.75, 3.05) is 0 Å². The monoisotopic (exact) mass is 289 g/mol. The first-order valence-corrected chi connectivity index (χ1v) is 6.33. The maximum absolute atomic E-state index is 13.4. The Morgan fingerprint density at radius 3 is 2.25 bits per heavy atom. The molecule has 0 fully saturated rings. The van der Waals surface area contributed by atoms with E-state index in [1.807, 2.05) is 0 Å². The lowest BCUT2D eigenvalue weighted by atomic mass is 9.86. The molecule has 0 saturated carbocycles. The van der Waals surface area contributed by atoms with Crippen LogP contribution in [-0.2, 0) is 11.2 Å². The van der Waals surface area contributed by atoms with E-state index in [1.54, 1.807) is 30.3 Å². The molecule has 0 amide bonds. The summed E-state index contributed by atoms with van der Waals surface area (Å²) in [5.74, 6) is -1.31. The van der Waals surface area contributed by atoms with E-state index in [0.29, 0.717) is 5.56 Å². The van der Waals surface area contributed by atoms with Gasteiger partial charge in [-0.05, 0) is 25.3 Å². The van der Waals surface area contributed by atoms with Gasteiger partial charge in [0.25, 0.3) is 0 Å². The largest absolute Gasteiger partial charge is 0.480 e. The number of halogens is 3. The van der Waals surface area contributed by atoms with E-state index >= 15 is 0 Å². The average molecular weight is 289 g/mol. The fraction of sp³-hybridized carbons (Fsp3) is 0.500. The summed E-state index contributed by atoms with van der Waals surface area (Å²) >= 11 is 0.